The highest BCUT2D eigenvalue weighted by Gasteiger charge is 2.21. The highest BCUT2D eigenvalue weighted by Crippen LogP contribution is 2.27. The maximum Gasteiger partial charge on any atom is 0.191 e. The Balaban J connectivity index is 0.00000162. The highest BCUT2D eigenvalue weighted by atomic mass is 127. The van der Waals surface area contributed by atoms with E-state index in [4.69, 9.17) is 4.52 Å². The summed E-state index contributed by atoms with van der Waals surface area (Å²) in [5.74, 6) is 2.51. The van der Waals surface area contributed by atoms with E-state index in [0.717, 1.165) is 36.3 Å². The number of nitrogens with zero attached hydrogens (tertiary/aromatic N) is 2. The van der Waals surface area contributed by atoms with Gasteiger partial charge in [-0.25, -0.2) is 0 Å². The SMILES string of the molecule is CCc1cc(CNC(=NC)NCC2CC2)on1.I. The van der Waals surface area contributed by atoms with Crippen molar-refractivity contribution in [2.24, 2.45) is 10.9 Å². The van der Waals surface area contributed by atoms with Crippen LogP contribution >= 0.6 is 24.0 Å². The van der Waals surface area contributed by atoms with Crippen LogP contribution in [0.3, 0.4) is 0 Å². The van der Waals surface area contributed by atoms with E-state index in [2.05, 4.69) is 27.7 Å². The molecule has 6 heteroatoms. The van der Waals surface area contributed by atoms with Gasteiger partial charge in [0, 0.05) is 19.7 Å². The van der Waals surface area contributed by atoms with Crippen molar-refractivity contribution in [1.29, 1.82) is 0 Å². The third-order valence-corrected chi connectivity index (χ3v) is 2.88. The molecule has 2 N–H and O–H groups in total. The van der Waals surface area contributed by atoms with Gasteiger partial charge in [0.05, 0.1) is 12.2 Å². The first-order chi connectivity index (χ1) is 8.31. The summed E-state index contributed by atoms with van der Waals surface area (Å²) >= 11 is 0. The van der Waals surface area contributed by atoms with Gasteiger partial charge in [-0.05, 0) is 25.2 Å². The molecule has 18 heavy (non-hydrogen) atoms. The van der Waals surface area contributed by atoms with Crippen LogP contribution in [-0.2, 0) is 13.0 Å². The van der Waals surface area contributed by atoms with Crippen LogP contribution in [0.5, 0.6) is 0 Å². The third-order valence-electron chi connectivity index (χ3n) is 2.88. The highest BCUT2D eigenvalue weighted by molar-refractivity contribution is 14.0. The van der Waals surface area contributed by atoms with Gasteiger partial charge in [0.15, 0.2) is 11.7 Å². The largest absolute Gasteiger partial charge is 0.359 e. The Kier molecular flexibility index (Phi) is 6.45. The van der Waals surface area contributed by atoms with E-state index in [1.165, 1.54) is 12.8 Å². The number of hydrogen-bond donors (Lipinski definition) is 2. The van der Waals surface area contributed by atoms with E-state index in [-0.39, 0.29) is 24.0 Å². The maximum absolute atomic E-state index is 5.19. The molecule has 0 amide bonds. The molecule has 2 rings (SSSR count). The van der Waals surface area contributed by atoms with Crippen LogP contribution in [-0.4, -0.2) is 24.7 Å². The van der Waals surface area contributed by atoms with Gasteiger partial charge >= 0.3 is 0 Å². The van der Waals surface area contributed by atoms with Crippen molar-refractivity contribution in [2.45, 2.75) is 32.7 Å². The minimum Gasteiger partial charge on any atom is -0.359 e. The topological polar surface area (TPSA) is 62.5 Å². The fraction of sp³-hybridized carbons (Fsp3) is 0.667. The van der Waals surface area contributed by atoms with E-state index in [0.29, 0.717) is 6.54 Å². The summed E-state index contributed by atoms with van der Waals surface area (Å²) in [6, 6.07) is 1.97. The van der Waals surface area contributed by atoms with Gasteiger partial charge in [-0.1, -0.05) is 12.1 Å². The van der Waals surface area contributed by atoms with Crippen molar-refractivity contribution in [3.63, 3.8) is 0 Å². The van der Waals surface area contributed by atoms with Gasteiger partial charge in [-0.15, -0.1) is 24.0 Å². The molecule has 1 fully saturated rings. The van der Waals surface area contributed by atoms with E-state index in [1.807, 2.05) is 6.07 Å². The number of halogens is 1. The summed E-state index contributed by atoms with van der Waals surface area (Å²) < 4.78 is 5.19. The van der Waals surface area contributed by atoms with Crippen LogP contribution < -0.4 is 10.6 Å². The molecule has 0 unspecified atom stereocenters. The fourth-order valence-corrected chi connectivity index (χ4v) is 1.56. The quantitative estimate of drug-likeness (QED) is 0.476. The minimum atomic E-state index is 0. The lowest BCUT2D eigenvalue weighted by Crippen LogP contribution is -2.37. The van der Waals surface area contributed by atoms with Gasteiger partial charge < -0.3 is 15.2 Å². The van der Waals surface area contributed by atoms with Crippen molar-refractivity contribution < 1.29 is 4.52 Å². The Hall–Kier alpha value is -0.790. The monoisotopic (exact) mass is 364 g/mol. The summed E-state index contributed by atoms with van der Waals surface area (Å²) in [6.07, 6.45) is 3.58. The summed E-state index contributed by atoms with van der Waals surface area (Å²) in [6.45, 7) is 3.69. The molecule has 1 aliphatic carbocycles. The molecule has 0 aliphatic heterocycles. The number of aromatic nitrogens is 1. The molecule has 1 aromatic heterocycles. The number of aliphatic imine (C=N–C) groups is 1. The molecule has 0 spiro atoms. The van der Waals surface area contributed by atoms with E-state index < -0.39 is 0 Å². The van der Waals surface area contributed by atoms with Crippen molar-refractivity contribution in [3.05, 3.63) is 17.5 Å². The van der Waals surface area contributed by atoms with Crippen LogP contribution in [0.2, 0.25) is 0 Å². The molecule has 1 saturated carbocycles. The number of nitrogens with one attached hydrogen (secondary N) is 2. The Bertz CT molecular complexity index is 387. The van der Waals surface area contributed by atoms with Crippen molar-refractivity contribution in [1.82, 2.24) is 15.8 Å². The van der Waals surface area contributed by atoms with Crippen LogP contribution in [0.4, 0.5) is 0 Å². The molecule has 0 bridgehead atoms. The number of guanidine groups is 1. The summed E-state index contributed by atoms with van der Waals surface area (Å²) in [5, 5.41) is 10.5. The van der Waals surface area contributed by atoms with E-state index in [9.17, 15) is 0 Å². The number of rotatable bonds is 5. The molecule has 1 aromatic rings. The molecule has 1 aliphatic rings. The summed E-state index contributed by atoms with van der Waals surface area (Å²) in [4.78, 5) is 4.16. The van der Waals surface area contributed by atoms with Crippen LogP contribution in [0.1, 0.15) is 31.2 Å². The summed E-state index contributed by atoms with van der Waals surface area (Å²) in [7, 11) is 1.78. The first-order valence-corrected chi connectivity index (χ1v) is 6.20. The van der Waals surface area contributed by atoms with Crippen LogP contribution in [0.25, 0.3) is 0 Å². The van der Waals surface area contributed by atoms with Gasteiger partial charge in [-0.2, -0.15) is 0 Å². The molecular weight excluding hydrogens is 343 g/mol. The van der Waals surface area contributed by atoms with Gasteiger partial charge in [-0.3, -0.25) is 4.99 Å². The standard InChI is InChI=1S/C12H20N4O.HI/c1-3-10-6-11(17-16-10)8-15-12(13-2)14-7-9-4-5-9;/h6,9H,3-5,7-8H2,1-2H3,(H2,13,14,15);1H. The van der Waals surface area contributed by atoms with Gasteiger partial charge in [0.1, 0.15) is 0 Å². The minimum absolute atomic E-state index is 0. The molecule has 0 radical (unpaired) electrons. The third kappa shape index (κ3) is 4.83. The van der Waals surface area contributed by atoms with Crippen LogP contribution in [0, 0.1) is 5.92 Å². The molecular formula is C12H21IN4O. The normalized spacial score (nSPS) is 15.1. The second kappa shape index (κ2) is 7.60. The Labute approximate surface area is 125 Å². The smallest absolute Gasteiger partial charge is 0.191 e. The van der Waals surface area contributed by atoms with Crippen LogP contribution in [0.15, 0.2) is 15.6 Å². The molecule has 0 saturated heterocycles. The maximum atomic E-state index is 5.19. The zero-order valence-electron chi connectivity index (χ0n) is 10.9. The first-order valence-electron chi connectivity index (χ1n) is 6.20. The lowest BCUT2D eigenvalue weighted by Gasteiger charge is -2.09. The molecule has 1 heterocycles. The van der Waals surface area contributed by atoms with Crippen molar-refractivity contribution in [2.75, 3.05) is 13.6 Å². The van der Waals surface area contributed by atoms with Gasteiger partial charge in [0.2, 0.25) is 0 Å². The fourth-order valence-electron chi connectivity index (χ4n) is 1.56. The predicted octanol–water partition coefficient (Wildman–Crippen LogP) is 1.93. The summed E-state index contributed by atoms with van der Waals surface area (Å²) in [5.41, 5.74) is 0.989. The zero-order valence-corrected chi connectivity index (χ0v) is 13.2. The lowest BCUT2D eigenvalue weighted by molar-refractivity contribution is 0.374. The van der Waals surface area contributed by atoms with E-state index in [1.54, 1.807) is 7.05 Å². The van der Waals surface area contributed by atoms with Crippen molar-refractivity contribution >= 4 is 29.9 Å². The molecule has 5 nitrogen and oxygen atoms in total. The lowest BCUT2D eigenvalue weighted by atomic mass is 10.3. The predicted molar refractivity (Wildman–Crippen MR) is 82.2 cm³/mol. The Morgan fingerprint density at radius 2 is 2.28 bits per heavy atom. The molecule has 0 aromatic carbocycles. The average Bonchev–Trinajstić information content (AvgIpc) is 3.07. The second-order valence-corrected chi connectivity index (χ2v) is 4.39. The second-order valence-electron chi connectivity index (χ2n) is 4.39. The Morgan fingerprint density at radius 1 is 1.50 bits per heavy atom. The first kappa shape index (κ1) is 15.3. The Morgan fingerprint density at radius 3 is 2.83 bits per heavy atom. The molecule has 0 atom stereocenters. The number of aryl methyl sites for hydroxylation is 1. The number of hydrogen-bond acceptors (Lipinski definition) is 3. The average molecular weight is 364 g/mol. The zero-order chi connectivity index (χ0) is 12.1. The van der Waals surface area contributed by atoms with E-state index >= 15 is 0 Å². The molecule has 102 valence electrons. The van der Waals surface area contributed by atoms with Crippen molar-refractivity contribution in [3.8, 4) is 0 Å². The van der Waals surface area contributed by atoms with Gasteiger partial charge in [0.25, 0.3) is 0 Å².